The van der Waals surface area contributed by atoms with E-state index in [0.717, 1.165) is 18.2 Å². The van der Waals surface area contributed by atoms with Crippen LogP contribution in [0.1, 0.15) is 16.7 Å². The molecule has 2 aromatic rings. The number of hydrogen-bond donors (Lipinski definition) is 1. The van der Waals surface area contributed by atoms with Crippen LogP contribution < -0.4 is 10.1 Å². The SMILES string of the molecule is O=C(/C=C/c1cccc(C(F)(F)F)c1)NCc1ccc(OC(F)F)cc1. The van der Waals surface area contributed by atoms with Gasteiger partial charge in [0.1, 0.15) is 5.75 Å². The quantitative estimate of drug-likeness (QED) is 0.594. The number of alkyl halides is 5. The number of benzene rings is 2. The van der Waals surface area contributed by atoms with Gasteiger partial charge in [-0.3, -0.25) is 4.79 Å². The van der Waals surface area contributed by atoms with Gasteiger partial charge in [-0.15, -0.1) is 0 Å². The summed E-state index contributed by atoms with van der Waals surface area (Å²) >= 11 is 0. The van der Waals surface area contributed by atoms with Crippen LogP contribution in [-0.2, 0) is 17.5 Å². The molecule has 1 N–H and O–H groups in total. The highest BCUT2D eigenvalue weighted by atomic mass is 19.4. The molecule has 0 fully saturated rings. The Hall–Kier alpha value is -2.90. The maximum Gasteiger partial charge on any atom is 0.416 e. The Labute approximate surface area is 146 Å². The minimum atomic E-state index is -4.45. The van der Waals surface area contributed by atoms with Crippen molar-refractivity contribution in [3.63, 3.8) is 0 Å². The lowest BCUT2D eigenvalue weighted by atomic mass is 10.1. The van der Waals surface area contributed by atoms with Crippen LogP contribution in [0.4, 0.5) is 22.0 Å². The van der Waals surface area contributed by atoms with Gasteiger partial charge in [0.2, 0.25) is 5.91 Å². The van der Waals surface area contributed by atoms with Crippen LogP contribution in [-0.4, -0.2) is 12.5 Å². The van der Waals surface area contributed by atoms with Gasteiger partial charge in [-0.1, -0.05) is 24.3 Å². The number of amides is 1. The van der Waals surface area contributed by atoms with E-state index in [9.17, 15) is 26.7 Å². The maximum atomic E-state index is 12.6. The number of rotatable bonds is 6. The molecule has 0 heterocycles. The fraction of sp³-hybridized carbons (Fsp3) is 0.167. The first kappa shape index (κ1) is 19.4. The molecule has 0 aliphatic carbocycles. The Morgan fingerprint density at radius 2 is 1.81 bits per heavy atom. The van der Waals surface area contributed by atoms with Crippen LogP contribution in [0.5, 0.6) is 5.75 Å². The molecular formula is C18H14F5NO2. The van der Waals surface area contributed by atoms with Gasteiger partial charge in [0.25, 0.3) is 0 Å². The molecule has 8 heteroatoms. The van der Waals surface area contributed by atoms with E-state index in [1.54, 1.807) is 0 Å². The Kier molecular flexibility index (Phi) is 6.32. The number of hydrogen-bond acceptors (Lipinski definition) is 2. The minimum Gasteiger partial charge on any atom is -0.435 e. The second-order valence-corrected chi connectivity index (χ2v) is 5.20. The fourth-order valence-electron chi connectivity index (χ4n) is 2.03. The molecule has 2 aromatic carbocycles. The predicted octanol–water partition coefficient (Wildman–Crippen LogP) is 4.64. The van der Waals surface area contributed by atoms with E-state index < -0.39 is 24.3 Å². The molecule has 0 saturated carbocycles. The average Bonchev–Trinajstić information content (AvgIpc) is 2.58. The summed E-state index contributed by atoms with van der Waals surface area (Å²) in [4.78, 5) is 11.7. The lowest BCUT2D eigenvalue weighted by molar-refractivity contribution is -0.137. The third-order valence-electron chi connectivity index (χ3n) is 3.26. The molecule has 0 atom stereocenters. The standard InChI is InChI=1S/C18H14F5NO2/c19-17(20)26-15-7-4-13(5-8-15)11-24-16(25)9-6-12-2-1-3-14(10-12)18(21,22)23/h1-10,17H,11H2,(H,24,25)/b9-6+. The van der Waals surface area contributed by atoms with E-state index in [1.165, 1.54) is 42.5 Å². The van der Waals surface area contributed by atoms with Gasteiger partial charge in [0, 0.05) is 12.6 Å². The Balaban J connectivity index is 1.89. The normalized spacial score (nSPS) is 11.8. The van der Waals surface area contributed by atoms with Gasteiger partial charge < -0.3 is 10.1 Å². The number of carbonyl (C=O) groups is 1. The van der Waals surface area contributed by atoms with Crippen molar-refractivity contribution < 1.29 is 31.5 Å². The molecule has 26 heavy (non-hydrogen) atoms. The highest BCUT2D eigenvalue weighted by Gasteiger charge is 2.30. The summed E-state index contributed by atoms with van der Waals surface area (Å²) in [5.74, 6) is -0.505. The van der Waals surface area contributed by atoms with Gasteiger partial charge in [0.05, 0.1) is 5.56 Å². The lowest BCUT2D eigenvalue weighted by Crippen LogP contribution is -2.20. The minimum absolute atomic E-state index is 0.000446. The summed E-state index contributed by atoms with van der Waals surface area (Å²) in [5, 5.41) is 2.54. The Morgan fingerprint density at radius 1 is 1.12 bits per heavy atom. The zero-order valence-corrected chi connectivity index (χ0v) is 13.3. The van der Waals surface area contributed by atoms with Crippen molar-refractivity contribution >= 4 is 12.0 Å². The maximum absolute atomic E-state index is 12.6. The summed E-state index contributed by atoms with van der Waals surface area (Å²) in [6.07, 6.45) is -2.07. The molecule has 0 aliphatic heterocycles. The molecule has 0 aliphatic rings. The Bertz CT molecular complexity index is 770. The van der Waals surface area contributed by atoms with E-state index in [4.69, 9.17) is 0 Å². The van der Waals surface area contributed by atoms with Crippen LogP contribution in [0.2, 0.25) is 0 Å². The second kappa shape index (κ2) is 8.46. The molecule has 1 amide bonds. The van der Waals surface area contributed by atoms with Crippen LogP contribution in [0.25, 0.3) is 6.08 Å². The third kappa shape index (κ3) is 6.19. The number of halogens is 5. The van der Waals surface area contributed by atoms with Gasteiger partial charge in [-0.2, -0.15) is 22.0 Å². The first-order valence-corrected chi connectivity index (χ1v) is 7.41. The lowest BCUT2D eigenvalue weighted by Gasteiger charge is -2.07. The van der Waals surface area contributed by atoms with Gasteiger partial charge in [-0.05, 0) is 41.5 Å². The average molecular weight is 371 g/mol. The van der Waals surface area contributed by atoms with Crippen molar-refractivity contribution in [1.82, 2.24) is 5.32 Å². The van der Waals surface area contributed by atoms with Crippen LogP contribution in [0.3, 0.4) is 0 Å². The number of ether oxygens (including phenoxy) is 1. The molecule has 2 rings (SSSR count). The van der Waals surface area contributed by atoms with Crippen molar-refractivity contribution in [3.05, 3.63) is 71.3 Å². The van der Waals surface area contributed by atoms with Crippen LogP contribution >= 0.6 is 0 Å². The van der Waals surface area contributed by atoms with E-state index in [0.29, 0.717) is 5.56 Å². The zero-order chi connectivity index (χ0) is 19.2. The molecule has 138 valence electrons. The van der Waals surface area contributed by atoms with Crippen molar-refractivity contribution in [2.24, 2.45) is 0 Å². The monoisotopic (exact) mass is 371 g/mol. The van der Waals surface area contributed by atoms with Crippen molar-refractivity contribution in [2.45, 2.75) is 19.3 Å². The van der Waals surface area contributed by atoms with Crippen LogP contribution in [0.15, 0.2) is 54.6 Å². The van der Waals surface area contributed by atoms with Crippen molar-refractivity contribution in [2.75, 3.05) is 0 Å². The molecule has 0 radical (unpaired) electrons. The van der Waals surface area contributed by atoms with E-state index in [1.807, 2.05) is 0 Å². The first-order valence-electron chi connectivity index (χ1n) is 7.41. The number of nitrogens with one attached hydrogen (secondary N) is 1. The molecule has 0 spiro atoms. The van der Waals surface area contributed by atoms with Crippen molar-refractivity contribution in [1.29, 1.82) is 0 Å². The topological polar surface area (TPSA) is 38.3 Å². The summed E-state index contributed by atoms with van der Waals surface area (Å²) in [5.41, 5.74) is 0.0853. The summed E-state index contributed by atoms with van der Waals surface area (Å²) in [6.45, 7) is -2.79. The highest BCUT2D eigenvalue weighted by molar-refractivity contribution is 5.91. The number of carbonyl (C=O) groups excluding carboxylic acids is 1. The van der Waals surface area contributed by atoms with Gasteiger partial charge >= 0.3 is 12.8 Å². The second-order valence-electron chi connectivity index (χ2n) is 5.20. The zero-order valence-electron chi connectivity index (χ0n) is 13.3. The predicted molar refractivity (Wildman–Crippen MR) is 85.4 cm³/mol. The van der Waals surface area contributed by atoms with Gasteiger partial charge in [-0.25, -0.2) is 0 Å². The molecule has 3 nitrogen and oxygen atoms in total. The molecular weight excluding hydrogens is 357 g/mol. The van der Waals surface area contributed by atoms with E-state index in [2.05, 4.69) is 10.1 Å². The molecule has 0 unspecified atom stereocenters. The molecule has 0 aromatic heterocycles. The summed E-state index contributed by atoms with van der Waals surface area (Å²) in [7, 11) is 0. The summed E-state index contributed by atoms with van der Waals surface area (Å²) < 4.78 is 66.1. The van der Waals surface area contributed by atoms with E-state index >= 15 is 0 Å². The Morgan fingerprint density at radius 3 is 2.42 bits per heavy atom. The largest absolute Gasteiger partial charge is 0.435 e. The van der Waals surface area contributed by atoms with E-state index in [-0.39, 0.29) is 17.9 Å². The first-order chi connectivity index (χ1) is 12.2. The van der Waals surface area contributed by atoms with Crippen LogP contribution in [0, 0.1) is 0 Å². The van der Waals surface area contributed by atoms with Crippen molar-refractivity contribution in [3.8, 4) is 5.75 Å². The highest BCUT2D eigenvalue weighted by Crippen LogP contribution is 2.29. The van der Waals surface area contributed by atoms with Gasteiger partial charge in [0.15, 0.2) is 0 Å². The smallest absolute Gasteiger partial charge is 0.416 e. The fourth-order valence-corrected chi connectivity index (χ4v) is 2.03. The summed E-state index contributed by atoms with van der Waals surface area (Å²) in [6, 6.07) is 10.3. The third-order valence-corrected chi connectivity index (χ3v) is 3.26. The molecule has 0 saturated heterocycles. The molecule has 0 bridgehead atoms.